The van der Waals surface area contributed by atoms with Gasteiger partial charge in [0.05, 0.1) is 7.11 Å². The van der Waals surface area contributed by atoms with Gasteiger partial charge in [0.25, 0.3) is 0 Å². The van der Waals surface area contributed by atoms with Crippen molar-refractivity contribution in [2.75, 3.05) is 7.11 Å². The van der Waals surface area contributed by atoms with Crippen molar-refractivity contribution in [1.82, 2.24) is 0 Å². The number of hydrogen-bond acceptors (Lipinski definition) is 1. The van der Waals surface area contributed by atoms with Crippen LogP contribution in [0.1, 0.15) is 26.3 Å². The SMILES string of the molecule is COc1ccccc1CC(Br)C(C)C(C)C. The average molecular weight is 285 g/mol. The maximum absolute atomic E-state index is 5.37. The molecule has 0 aromatic heterocycles. The minimum atomic E-state index is 0.504. The Morgan fingerprint density at radius 2 is 1.81 bits per heavy atom. The molecule has 2 unspecified atom stereocenters. The second-order valence-corrected chi connectivity index (χ2v) is 5.81. The molecular weight excluding hydrogens is 264 g/mol. The lowest BCUT2D eigenvalue weighted by Crippen LogP contribution is -2.19. The number of halogens is 1. The van der Waals surface area contributed by atoms with Gasteiger partial charge in [-0.15, -0.1) is 0 Å². The maximum atomic E-state index is 5.37. The fourth-order valence-corrected chi connectivity index (χ4v) is 2.64. The zero-order chi connectivity index (χ0) is 12.1. The molecular formula is C14H21BrO. The molecule has 16 heavy (non-hydrogen) atoms. The average Bonchev–Trinajstić information content (AvgIpc) is 2.28. The van der Waals surface area contributed by atoms with E-state index < -0.39 is 0 Å². The highest BCUT2D eigenvalue weighted by molar-refractivity contribution is 9.09. The van der Waals surface area contributed by atoms with Crippen molar-refractivity contribution in [2.45, 2.75) is 32.0 Å². The quantitative estimate of drug-likeness (QED) is 0.733. The van der Waals surface area contributed by atoms with Gasteiger partial charge >= 0.3 is 0 Å². The molecule has 0 saturated carbocycles. The third-order valence-electron chi connectivity index (χ3n) is 3.23. The van der Waals surface area contributed by atoms with Crippen LogP contribution < -0.4 is 4.74 Å². The van der Waals surface area contributed by atoms with Crippen LogP contribution in [0.3, 0.4) is 0 Å². The highest BCUT2D eigenvalue weighted by atomic mass is 79.9. The van der Waals surface area contributed by atoms with Gasteiger partial charge in [0, 0.05) is 4.83 Å². The monoisotopic (exact) mass is 284 g/mol. The number of benzene rings is 1. The number of para-hydroxylation sites is 1. The summed E-state index contributed by atoms with van der Waals surface area (Å²) in [4.78, 5) is 0.504. The Morgan fingerprint density at radius 1 is 1.19 bits per heavy atom. The van der Waals surface area contributed by atoms with E-state index in [1.54, 1.807) is 7.11 Å². The first-order chi connectivity index (χ1) is 7.56. The van der Waals surface area contributed by atoms with E-state index in [1.165, 1.54) is 5.56 Å². The summed E-state index contributed by atoms with van der Waals surface area (Å²) >= 11 is 3.79. The van der Waals surface area contributed by atoms with E-state index in [0.717, 1.165) is 12.2 Å². The number of rotatable bonds is 5. The zero-order valence-corrected chi connectivity index (χ0v) is 12.1. The van der Waals surface area contributed by atoms with Crippen LogP contribution in [-0.2, 0) is 6.42 Å². The van der Waals surface area contributed by atoms with Crippen LogP contribution in [0.25, 0.3) is 0 Å². The second-order valence-electron chi connectivity index (χ2n) is 4.64. The van der Waals surface area contributed by atoms with Crippen molar-refractivity contribution in [3.05, 3.63) is 29.8 Å². The Morgan fingerprint density at radius 3 is 2.38 bits per heavy atom. The minimum absolute atomic E-state index is 0.504. The Kier molecular flexibility index (Phi) is 5.33. The predicted molar refractivity (Wildman–Crippen MR) is 73.4 cm³/mol. The van der Waals surface area contributed by atoms with Crippen molar-refractivity contribution >= 4 is 15.9 Å². The topological polar surface area (TPSA) is 9.23 Å². The molecule has 1 nitrogen and oxygen atoms in total. The minimum Gasteiger partial charge on any atom is -0.496 e. The molecule has 1 aromatic carbocycles. The standard InChI is InChI=1S/C14H21BrO/c1-10(2)11(3)13(15)9-12-7-5-6-8-14(12)16-4/h5-8,10-11,13H,9H2,1-4H3. The first-order valence-electron chi connectivity index (χ1n) is 5.82. The molecule has 2 atom stereocenters. The molecule has 0 saturated heterocycles. The van der Waals surface area contributed by atoms with Crippen molar-refractivity contribution in [2.24, 2.45) is 11.8 Å². The predicted octanol–water partition coefficient (Wildman–Crippen LogP) is 4.29. The van der Waals surface area contributed by atoms with E-state index >= 15 is 0 Å². The van der Waals surface area contributed by atoms with Gasteiger partial charge in [-0.05, 0) is 29.9 Å². The molecule has 0 aliphatic heterocycles. The van der Waals surface area contributed by atoms with Crippen LogP contribution in [0.15, 0.2) is 24.3 Å². The molecule has 1 aromatic rings. The van der Waals surface area contributed by atoms with Crippen molar-refractivity contribution in [3.8, 4) is 5.75 Å². The van der Waals surface area contributed by atoms with Crippen LogP contribution in [0.2, 0.25) is 0 Å². The van der Waals surface area contributed by atoms with Crippen molar-refractivity contribution in [3.63, 3.8) is 0 Å². The summed E-state index contributed by atoms with van der Waals surface area (Å²) in [6, 6.07) is 8.24. The summed E-state index contributed by atoms with van der Waals surface area (Å²) in [6.45, 7) is 6.82. The largest absolute Gasteiger partial charge is 0.496 e. The lowest BCUT2D eigenvalue weighted by Gasteiger charge is -2.22. The van der Waals surface area contributed by atoms with Crippen LogP contribution in [0, 0.1) is 11.8 Å². The van der Waals surface area contributed by atoms with Gasteiger partial charge in [-0.1, -0.05) is 54.9 Å². The lowest BCUT2D eigenvalue weighted by atomic mass is 9.91. The van der Waals surface area contributed by atoms with Gasteiger partial charge in [0.15, 0.2) is 0 Å². The van der Waals surface area contributed by atoms with Crippen LogP contribution in [-0.4, -0.2) is 11.9 Å². The summed E-state index contributed by atoms with van der Waals surface area (Å²) < 4.78 is 5.37. The van der Waals surface area contributed by atoms with E-state index in [1.807, 2.05) is 12.1 Å². The van der Waals surface area contributed by atoms with E-state index in [9.17, 15) is 0 Å². The molecule has 0 amide bonds. The van der Waals surface area contributed by atoms with E-state index in [0.29, 0.717) is 16.7 Å². The number of methoxy groups -OCH3 is 1. The molecule has 0 heterocycles. The number of alkyl halides is 1. The summed E-state index contributed by atoms with van der Waals surface area (Å²) in [5.41, 5.74) is 1.28. The Balaban J connectivity index is 2.72. The van der Waals surface area contributed by atoms with E-state index in [2.05, 4.69) is 48.8 Å². The molecule has 0 aliphatic rings. The maximum Gasteiger partial charge on any atom is 0.122 e. The first-order valence-corrected chi connectivity index (χ1v) is 6.73. The normalized spacial score (nSPS) is 14.9. The van der Waals surface area contributed by atoms with Crippen LogP contribution in [0.4, 0.5) is 0 Å². The first kappa shape index (κ1) is 13.6. The Hall–Kier alpha value is -0.500. The molecule has 90 valence electrons. The smallest absolute Gasteiger partial charge is 0.122 e. The third-order valence-corrected chi connectivity index (χ3v) is 4.39. The lowest BCUT2D eigenvalue weighted by molar-refractivity contribution is 0.392. The summed E-state index contributed by atoms with van der Waals surface area (Å²) in [5.74, 6) is 2.34. The van der Waals surface area contributed by atoms with Gasteiger partial charge in [-0.3, -0.25) is 0 Å². The molecule has 0 bridgehead atoms. The molecule has 0 aliphatic carbocycles. The fraction of sp³-hybridized carbons (Fsp3) is 0.571. The third kappa shape index (κ3) is 3.51. The molecule has 1 rings (SSSR count). The van der Waals surface area contributed by atoms with E-state index in [-0.39, 0.29) is 0 Å². The molecule has 0 spiro atoms. The van der Waals surface area contributed by atoms with Gasteiger partial charge in [0.2, 0.25) is 0 Å². The summed E-state index contributed by atoms with van der Waals surface area (Å²) in [6.07, 6.45) is 1.02. The number of ether oxygens (including phenoxy) is 1. The van der Waals surface area contributed by atoms with Gasteiger partial charge in [-0.2, -0.15) is 0 Å². The summed E-state index contributed by atoms with van der Waals surface area (Å²) in [5, 5.41) is 0. The number of hydrogen-bond donors (Lipinski definition) is 0. The van der Waals surface area contributed by atoms with Crippen LogP contribution >= 0.6 is 15.9 Å². The molecule has 0 radical (unpaired) electrons. The van der Waals surface area contributed by atoms with E-state index in [4.69, 9.17) is 4.74 Å². The second kappa shape index (κ2) is 6.29. The van der Waals surface area contributed by atoms with Gasteiger partial charge in [0.1, 0.15) is 5.75 Å². The fourth-order valence-electron chi connectivity index (χ4n) is 1.69. The zero-order valence-electron chi connectivity index (χ0n) is 10.5. The van der Waals surface area contributed by atoms with Gasteiger partial charge in [-0.25, -0.2) is 0 Å². The molecule has 0 fully saturated rings. The highest BCUT2D eigenvalue weighted by Crippen LogP contribution is 2.27. The van der Waals surface area contributed by atoms with Crippen LogP contribution in [0.5, 0.6) is 5.75 Å². The van der Waals surface area contributed by atoms with Crippen molar-refractivity contribution in [1.29, 1.82) is 0 Å². The van der Waals surface area contributed by atoms with Crippen molar-refractivity contribution < 1.29 is 4.74 Å². The Labute approximate surface area is 107 Å². The molecule has 2 heteroatoms. The summed E-state index contributed by atoms with van der Waals surface area (Å²) in [7, 11) is 1.73. The molecule has 0 N–H and O–H groups in total. The van der Waals surface area contributed by atoms with Gasteiger partial charge < -0.3 is 4.74 Å². The highest BCUT2D eigenvalue weighted by Gasteiger charge is 2.18. The Bertz CT molecular complexity index is 322.